The van der Waals surface area contributed by atoms with Gasteiger partial charge in [-0.15, -0.1) is 0 Å². The molecule has 4 heteroatoms. The van der Waals surface area contributed by atoms with Gasteiger partial charge in [0.2, 0.25) is 5.91 Å². The zero-order chi connectivity index (χ0) is 17.9. The highest BCUT2D eigenvalue weighted by molar-refractivity contribution is 6.04. The summed E-state index contributed by atoms with van der Waals surface area (Å²) in [6.45, 7) is 9.61. The van der Waals surface area contributed by atoms with E-state index in [1.165, 1.54) is 5.56 Å². The van der Waals surface area contributed by atoms with Crippen LogP contribution in [0.4, 0.5) is 11.4 Å². The van der Waals surface area contributed by atoms with Crippen LogP contribution in [0.15, 0.2) is 42.5 Å². The fourth-order valence-electron chi connectivity index (χ4n) is 2.05. The molecule has 126 valence electrons. The van der Waals surface area contributed by atoms with Crippen LogP contribution >= 0.6 is 0 Å². The molecule has 0 saturated carbocycles. The van der Waals surface area contributed by atoms with Crippen molar-refractivity contribution in [2.24, 2.45) is 5.41 Å². The van der Waals surface area contributed by atoms with E-state index in [9.17, 15) is 9.59 Å². The van der Waals surface area contributed by atoms with Crippen LogP contribution in [0, 0.1) is 19.3 Å². The fraction of sp³-hybridized carbons (Fsp3) is 0.300. The molecular weight excluding hydrogens is 300 g/mol. The number of anilines is 2. The lowest BCUT2D eigenvalue weighted by Crippen LogP contribution is -2.27. The minimum absolute atomic E-state index is 0.0603. The number of nitrogens with one attached hydrogen (secondary N) is 2. The van der Waals surface area contributed by atoms with Crippen molar-refractivity contribution in [3.8, 4) is 0 Å². The first kappa shape index (κ1) is 17.7. The van der Waals surface area contributed by atoms with E-state index in [0.29, 0.717) is 11.3 Å². The van der Waals surface area contributed by atoms with Crippen molar-refractivity contribution in [2.75, 3.05) is 10.6 Å². The molecular formula is C20H24N2O2. The first-order chi connectivity index (χ1) is 11.2. The smallest absolute Gasteiger partial charge is 0.255 e. The van der Waals surface area contributed by atoms with Crippen molar-refractivity contribution in [2.45, 2.75) is 34.6 Å². The number of hydrogen-bond donors (Lipinski definition) is 2. The van der Waals surface area contributed by atoms with Gasteiger partial charge >= 0.3 is 0 Å². The maximum absolute atomic E-state index is 12.3. The molecule has 2 rings (SSSR count). The van der Waals surface area contributed by atoms with Gasteiger partial charge in [-0.3, -0.25) is 9.59 Å². The second-order valence-corrected chi connectivity index (χ2v) is 7.03. The van der Waals surface area contributed by atoms with Gasteiger partial charge in [0.1, 0.15) is 0 Å². The summed E-state index contributed by atoms with van der Waals surface area (Å²) in [5.74, 6) is -0.234. The molecule has 0 fully saturated rings. The molecule has 4 nitrogen and oxygen atoms in total. The number of carbonyl (C=O) groups excluding carboxylic acids is 2. The number of benzene rings is 2. The van der Waals surface area contributed by atoms with Gasteiger partial charge in [0.15, 0.2) is 0 Å². The predicted octanol–water partition coefficient (Wildman–Crippen LogP) is 4.54. The summed E-state index contributed by atoms with van der Waals surface area (Å²) in [6.07, 6.45) is 0. The van der Waals surface area contributed by atoms with Gasteiger partial charge in [0.25, 0.3) is 5.91 Å². The quantitative estimate of drug-likeness (QED) is 0.871. The Morgan fingerprint density at radius 2 is 1.38 bits per heavy atom. The number of amides is 2. The normalized spacial score (nSPS) is 11.0. The second kappa shape index (κ2) is 6.87. The van der Waals surface area contributed by atoms with E-state index < -0.39 is 5.41 Å². The maximum atomic E-state index is 12.3. The van der Waals surface area contributed by atoms with Crippen molar-refractivity contribution >= 4 is 23.2 Å². The van der Waals surface area contributed by atoms with E-state index in [-0.39, 0.29) is 11.8 Å². The molecule has 2 aromatic rings. The van der Waals surface area contributed by atoms with Crippen LogP contribution in [-0.2, 0) is 4.79 Å². The Kier molecular flexibility index (Phi) is 5.07. The standard InChI is InChI=1S/C20H24N2O2/c1-13-6-9-17(12-14(13)2)21-18(23)15-7-10-16(11-8-15)22-19(24)20(3,4)5/h6-12H,1-5H3,(H,21,23)(H,22,24). The third kappa shape index (κ3) is 4.44. The van der Waals surface area contributed by atoms with Crippen molar-refractivity contribution in [1.82, 2.24) is 0 Å². The predicted molar refractivity (Wildman–Crippen MR) is 98.4 cm³/mol. The maximum Gasteiger partial charge on any atom is 0.255 e. The van der Waals surface area contributed by atoms with Crippen LogP contribution in [-0.4, -0.2) is 11.8 Å². The molecule has 2 N–H and O–H groups in total. The molecule has 0 heterocycles. The molecule has 0 aliphatic rings. The van der Waals surface area contributed by atoms with Crippen molar-refractivity contribution in [3.05, 3.63) is 59.2 Å². The van der Waals surface area contributed by atoms with Crippen LogP contribution in [0.25, 0.3) is 0 Å². The van der Waals surface area contributed by atoms with Crippen LogP contribution in [0.3, 0.4) is 0 Å². The molecule has 0 atom stereocenters. The summed E-state index contributed by atoms with van der Waals surface area (Å²) in [5, 5.41) is 5.73. The molecule has 0 unspecified atom stereocenters. The SMILES string of the molecule is Cc1ccc(NC(=O)c2ccc(NC(=O)C(C)(C)C)cc2)cc1C. The van der Waals surface area contributed by atoms with Crippen LogP contribution in [0.5, 0.6) is 0 Å². The summed E-state index contributed by atoms with van der Waals surface area (Å²) < 4.78 is 0. The van der Waals surface area contributed by atoms with Crippen molar-refractivity contribution in [3.63, 3.8) is 0 Å². The third-order valence-electron chi connectivity index (χ3n) is 3.85. The van der Waals surface area contributed by atoms with E-state index in [4.69, 9.17) is 0 Å². The van der Waals surface area contributed by atoms with Crippen LogP contribution in [0.2, 0.25) is 0 Å². The van der Waals surface area contributed by atoms with Crippen LogP contribution < -0.4 is 10.6 Å². The summed E-state index contributed by atoms with van der Waals surface area (Å²) in [4.78, 5) is 24.3. The first-order valence-electron chi connectivity index (χ1n) is 7.97. The zero-order valence-corrected chi connectivity index (χ0v) is 14.9. The molecule has 2 aromatic carbocycles. The molecule has 0 aromatic heterocycles. The zero-order valence-electron chi connectivity index (χ0n) is 14.9. The Labute approximate surface area is 143 Å². The first-order valence-corrected chi connectivity index (χ1v) is 7.97. The molecule has 24 heavy (non-hydrogen) atoms. The summed E-state index contributed by atoms with van der Waals surface area (Å²) in [7, 11) is 0. The Bertz CT molecular complexity index is 756. The lowest BCUT2D eigenvalue weighted by molar-refractivity contribution is -0.123. The Morgan fingerprint density at radius 1 is 0.792 bits per heavy atom. The number of hydrogen-bond acceptors (Lipinski definition) is 2. The Morgan fingerprint density at radius 3 is 1.92 bits per heavy atom. The lowest BCUT2D eigenvalue weighted by atomic mass is 9.95. The highest BCUT2D eigenvalue weighted by Crippen LogP contribution is 2.19. The summed E-state index contributed by atoms with van der Waals surface area (Å²) in [5.41, 5.74) is 3.85. The lowest BCUT2D eigenvalue weighted by Gasteiger charge is -2.17. The second-order valence-electron chi connectivity index (χ2n) is 7.03. The Hall–Kier alpha value is -2.62. The minimum Gasteiger partial charge on any atom is -0.326 e. The molecule has 0 radical (unpaired) electrons. The highest BCUT2D eigenvalue weighted by Gasteiger charge is 2.21. The van der Waals surface area contributed by atoms with E-state index in [1.54, 1.807) is 24.3 Å². The molecule has 0 saturated heterocycles. The van der Waals surface area contributed by atoms with Gasteiger partial charge in [0, 0.05) is 22.4 Å². The average molecular weight is 324 g/mol. The van der Waals surface area contributed by atoms with Gasteiger partial charge in [0.05, 0.1) is 0 Å². The topological polar surface area (TPSA) is 58.2 Å². The largest absolute Gasteiger partial charge is 0.326 e. The van der Waals surface area contributed by atoms with Gasteiger partial charge < -0.3 is 10.6 Å². The van der Waals surface area contributed by atoms with Gasteiger partial charge in [-0.05, 0) is 61.4 Å². The minimum atomic E-state index is -0.459. The van der Waals surface area contributed by atoms with Gasteiger partial charge in [-0.1, -0.05) is 26.8 Å². The molecule has 2 amide bonds. The van der Waals surface area contributed by atoms with Gasteiger partial charge in [-0.25, -0.2) is 0 Å². The monoisotopic (exact) mass is 324 g/mol. The van der Waals surface area contributed by atoms with E-state index in [2.05, 4.69) is 10.6 Å². The van der Waals surface area contributed by atoms with E-state index in [0.717, 1.165) is 11.3 Å². The van der Waals surface area contributed by atoms with Crippen LogP contribution in [0.1, 0.15) is 42.3 Å². The fourth-order valence-corrected chi connectivity index (χ4v) is 2.05. The molecule has 0 bridgehead atoms. The number of aryl methyl sites for hydroxylation is 2. The Balaban J connectivity index is 2.05. The van der Waals surface area contributed by atoms with E-state index >= 15 is 0 Å². The summed E-state index contributed by atoms with van der Waals surface area (Å²) >= 11 is 0. The molecule has 0 aliphatic heterocycles. The van der Waals surface area contributed by atoms with Gasteiger partial charge in [-0.2, -0.15) is 0 Å². The third-order valence-corrected chi connectivity index (χ3v) is 3.85. The molecule has 0 spiro atoms. The van der Waals surface area contributed by atoms with E-state index in [1.807, 2.05) is 52.8 Å². The summed E-state index contributed by atoms with van der Waals surface area (Å²) in [6, 6.07) is 12.7. The number of carbonyl (C=O) groups is 2. The van der Waals surface area contributed by atoms with Crippen molar-refractivity contribution < 1.29 is 9.59 Å². The number of rotatable bonds is 3. The van der Waals surface area contributed by atoms with Crippen molar-refractivity contribution in [1.29, 1.82) is 0 Å². The molecule has 0 aliphatic carbocycles. The average Bonchev–Trinajstić information content (AvgIpc) is 2.50. The highest BCUT2D eigenvalue weighted by atomic mass is 16.2.